The van der Waals surface area contributed by atoms with Crippen molar-refractivity contribution in [3.8, 4) is 5.69 Å². The van der Waals surface area contributed by atoms with Gasteiger partial charge in [0.05, 0.1) is 29.4 Å². The lowest BCUT2D eigenvalue weighted by atomic mass is 10.0. The Morgan fingerprint density at radius 2 is 1.47 bits per heavy atom. The number of nitrogens with one attached hydrogen (secondary N) is 1. The van der Waals surface area contributed by atoms with Gasteiger partial charge in [-0.2, -0.15) is 0 Å². The Balaban J connectivity index is 1.61. The molecule has 0 bridgehead atoms. The molecule has 6 rings (SSSR count). The standard InChI is InChI=1S/C30H22N2O2/c1-34-30(33)24-13-7-8-14-26(24)31-21-16-18-27-25(19-21)29-23-12-6-5-9-20(23)15-17-28(29)32(27)22-10-3-2-4-11-22/h2-19,31H,1H3. The highest BCUT2D eigenvalue weighted by Gasteiger charge is 2.16. The Morgan fingerprint density at radius 1 is 0.735 bits per heavy atom. The predicted octanol–water partition coefficient (Wildman–Crippen LogP) is 7.47. The summed E-state index contributed by atoms with van der Waals surface area (Å²) in [6.07, 6.45) is 0. The molecule has 0 saturated carbocycles. The molecule has 0 saturated heterocycles. The zero-order valence-electron chi connectivity index (χ0n) is 18.7. The highest BCUT2D eigenvalue weighted by atomic mass is 16.5. The van der Waals surface area contributed by atoms with Crippen molar-refractivity contribution in [2.45, 2.75) is 0 Å². The molecule has 164 valence electrons. The summed E-state index contributed by atoms with van der Waals surface area (Å²) in [5.74, 6) is -0.365. The zero-order valence-corrected chi connectivity index (χ0v) is 18.7. The molecule has 1 N–H and O–H groups in total. The fraction of sp³-hybridized carbons (Fsp3) is 0.0333. The molecule has 0 radical (unpaired) electrons. The van der Waals surface area contributed by atoms with Crippen molar-refractivity contribution in [2.75, 3.05) is 12.4 Å². The first-order valence-corrected chi connectivity index (χ1v) is 11.2. The van der Waals surface area contributed by atoms with Gasteiger partial charge in [-0.25, -0.2) is 4.79 Å². The Labute approximate surface area is 197 Å². The van der Waals surface area contributed by atoms with Crippen molar-refractivity contribution >= 4 is 49.9 Å². The van der Waals surface area contributed by atoms with Gasteiger partial charge in [0.2, 0.25) is 0 Å². The van der Waals surface area contributed by atoms with E-state index in [0.29, 0.717) is 11.3 Å². The van der Waals surface area contributed by atoms with E-state index in [9.17, 15) is 4.79 Å². The average molecular weight is 443 g/mol. The number of methoxy groups -OCH3 is 1. The number of anilines is 2. The number of fused-ring (bicyclic) bond motifs is 5. The first-order chi connectivity index (χ1) is 16.7. The van der Waals surface area contributed by atoms with Crippen LogP contribution >= 0.6 is 0 Å². The smallest absolute Gasteiger partial charge is 0.339 e. The minimum Gasteiger partial charge on any atom is -0.465 e. The molecule has 4 nitrogen and oxygen atoms in total. The van der Waals surface area contributed by atoms with Crippen LogP contribution < -0.4 is 5.32 Å². The number of carbonyl (C=O) groups excluding carboxylic acids is 1. The number of hydrogen-bond acceptors (Lipinski definition) is 3. The van der Waals surface area contributed by atoms with Crippen LogP contribution in [0.1, 0.15) is 10.4 Å². The second-order valence-corrected chi connectivity index (χ2v) is 8.25. The van der Waals surface area contributed by atoms with Crippen LogP contribution in [0, 0.1) is 0 Å². The normalized spacial score (nSPS) is 11.2. The van der Waals surface area contributed by atoms with E-state index >= 15 is 0 Å². The van der Waals surface area contributed by atoms with Gasteiger partial charge >= 0.3 is 5.97 Å². The molecule has 1 heterocycles. The maximum atomic E-state index is 12.3. The van der Waals surface area contributed by atoms with E-state index in [0.717, 1.165) is 27.8 Å². The second kappa shape index (κ2) is 8.09. The molecule has 0 aliphatic heterocycles. The van der Waals surface area contributed by atoms with E-state index < -0.39 is 0 Å². The number of carbonyl (C=O) groups is 1. The fourth-order valence-electron chi connectivity index (χ4n) is 4.76. The van der Waals surface area contributed by atoms with Crippen molar-refractivity contribution in [1.29, 1.82) is 0 Å². The molecule has 0 fully saturated rings. The Hall–Kier alpha value is -4.57. The van der Waals surface area contributed by atoms with Crippen molar-refractivity contribution in [3.05, 3.63) is 115 Å². The Bertz CT molecular complexity index is 1680. The van der Waals surface area contributed by atoms with Crippen molar-refractivity contribution in [1.82, 2.24) is 4.57 Å². The summed E-state index contributed by atoms with van der Waals surface area (Å²) in [6, 6.07) is 37.0. The topological polar surface area (TPSA) is 43.3 Å². The minimum absolute atomic E-state index is 0.365. The lowest BCUT2D eigenvalue weighted by Gasteiger charge is -2.11. The molecule has 0 atom stereocenters. The zero-order chi connectivity index (χ0) is 23.1. The van der Waals surface area contributed by atoms with E-state index in [-0.39, 0.29) is 5.97 Å². The van der Waals surface area contributed by atoms with Gasteiger partial charge < -0.3 is 14.6 Å². The van der Waals surface area contributed by atoms with Gasteiger partial charge in [0.1, 0.15) is 0 Å². The average Bonchev–Trinajstić information content (AvgIpc) is 3.23. The van der Waals surface area contributed by atoms with Crippen LogP contribution in [0.2, 0.25) is 0 Å². The highest BCUT2D eigenvalue weighted by Crippen LogP contribution is 2.38. The maximum absolute atomic E-state index is 12.3. The molecular weight excluding hydrogens is 420 g/mol. The summed E-state index contributed by atoms with van der Waals surface area (Å²) in [5.41, 5.74) is 5.53. The summed E-state index contributed by atoms with van der Waals surface area (Å²) in [6.45, 7) is 0. The summed E-state index contributed by atoms with van der Waals surface area (Å²) >= 11 is 0. The predicted molar refractivity (Wildman–Crippen MR) is 139 cm³/mol. The van der Waals surface area contributed by atoms with Gasteiger partial charge in [-0.3, -0.25) is 0 Å². The quantitative estimate of drug-likeness (QED) is 0.288. The molecule has 0 aliphatic carbocycles. The molecule has 0 unspecified atom stereocenters. The van der Waals surface area contributed by atoms with E-state index in [1.54, 1.807) is 6.07 Å². The number of rotatable bonds is 4. The van der Waals surface area contributed by atoms with Crippen LogP contribution in [0.15, 0.2) is 109 Å². The number of ether oxygens (including phenoxy) is 1. The largest absolute Gasteiger partial charge is 0.465 e. The molecule has 5 aromatic carbocycles. The summed E-state index contributed by atoms with van der Waals surface area (Å²) in [4.78, 5) is 12.3. The van der Waals surface area contributed by atoms with E-state index in [1.165, 1.54) is 23.3 Å². The molecule has 1 aromatic heterocycles. The molecule has 4 heteroatoms. The Morgan fingerprint density at radius 3 is 2.32 bits per heavy atom. The summed E-state index contributed by atoms with van der Waals surface area (Å²) < 4.78 is 7.27. The van der Waals surface area contributed by atoms with Gasteiger partial charge in [-0.1, -0.05) is 60.7 Å². The van der Waals surface area contributed by atoms with E-state index in [4.69, 9.17) is 4.74 Å². The molecule has 0 amide bonds. The summed E-state index contributed by atoms with van der Waals surface area (Å²) in [7, 11) is 1.40. The number of nitrogens with zero attached hydrogens (tertiary/aromatic N) is 1. The van der Waals surface area contributed by atoms with Gasteiger partial charge in [0.15, 0.2) is 0 Å². The lowest BCUT2D eigenvalue weighted by molar-refractivity contribution is 0.0602. The van der Waals surface area contributed by atoms with Gasteiger partial charge in [0.25, 0.3) is 0 Å². The van der Waals surface area contributed by atoms with Crippen molar-refractivity contribution in [2.24, 2.45) is 0 Å². The molecule has 0 spiro atoms. The van der Waals surface area contributed by atoms with Crippen LogP contribution in [0.4, 0.5) is 11.4 Å². The van der Waals surface area contributed by atoms with Crippen LogP contribution in [0.5, 0.6) is 0 Å². The van der Waals surface area contributed by atoms with Gasteiger partial charge in [-0.05, 0) is 59.3 Å². The minimum atomic E-state index is -0.365. The van der Waals surface area contributed by atoms with Gasteiger partial charge in [-0.15, -0.1) is 0 Å². The van der Waals surface area contributed by atoms with Crippen molar-refractivity contribution in [3.63, 3.8) is 0 Å². The third-order valence-electron chi connectivity index (χ3n) is 6.28. The molecule has 0 aliphatic rings. The second-order valence-electron chi connectivity index (χ2n) is 8.25. The Kier molecular flexibility index (Phi) is 4.77. The van der Waals surface area contributed by atoms with Crippen LogP contribution in [-0.4, -0.2) is 17.6 Å². The van der Waals surface area contributed by atoms with Crippen LogP contribution in [0.3, 0.4) is 0 Å². The monoisotopic (exact) mass is 442 g/mol. The number of hydrogen-bond donors (Lipinski definition) is 1. The summed E-state index contributed by atoms with van der Waals surface area (Å²) in [5, 5.41) is 8.21. The van der Waals surface area contributed by atoms with E-state index in [2.05, 4.69) is 88.7 Å². The number of para-hydroxylation sites is 2. The molecule has 6 aromatic rings. The number of esters is 1. The highest BCUT2D eigenvalue weighted by molar-refractivity contribution is 6.21. The van der Waals surface area contributed by atoms with Crippen molar-refractivity contribution < 1.29 is 9.53 Å². The van der Waals surface area contributed by atoms with Crippen LogP contribution in [-0.2, 0) is 4.74 Å². The maximum Gasteiger partial charge on any atom is 0.339 e. The van der Waals surface area contributed by atoms with Gasteiger partial charge in [0, 0.05) is 22.1 Å². The lowest BCUT2D eigenvalue weighted by Crippen LogP contribution is -2.05. The SMILES string of the molecule is COC(=O)c1ccccc1Nc1ccc2c(c1)c1c3ccccc3ccc1n2-c1ccccc1. The molecular formula is C30H22N2O2. The first-order valence-electron chi connectivity index (χ1n) is 11.2. The molecule has 34 heavy (non-hydrogen) atoms. The first kappa shape index (κ1) is 20.1. The third kappa shape index (κ3) is 3.20. The third-order valence-corrected chi connectivity index (χ3v) is 6.28. The fourth-order valence-corrected chi connectivity index (χ4v) is 4.76. The number of benzene rings is 5. The van der Waals surface area contributed by atoms with Crippen LogP contribution in [0.25, 0.3) is 38.3 Å². The number of aromatic nitrogens is 1. The van der Waals surface area contributed by atoms with E-state index in [1.807, 2.05) is 24.3 Å².